The molecule has 2 aromatic rings. The lowest BCUT2D eigenvalue weighted by Gasteiger charge is -2.08. The van der Waals surface area contributed by atoms with Crippen LogP contribution in [0.25, 0.3) is 0 Å². The lowest BCUT2D eigenvalue weighted by molar-refractivity contribution is 0.0951. The van der Waals surface area contributed by atoms with Gasteiger partial charge in [0.05, 0.1) is 10.5 Å². The summed E-state index contributed by atoms with van der Waals surface area (Å²) in [6, 6.07) is 11.0. The zero-order valence-electron chi connectivity index (χ0n) is 12.6. The second kappa shape index (κ2) is 6.80. The first-order valence-electron chi connectivity index (χ1n) is 6.97. The number of primary sulfonamides is 1. The topological polar surface area (TPSA) is 109 Å². The second-order valence-electron chi connectivity index (χ2n) is 5.22. The molecule has 0 aromatic heterocycles. The summed E-state index contributed by atoms with van der Waals surface area (Å²) >= 11 is 0. The lowest BCUT2D eigenvalue weighted by Crippen LogP contribution is -2.25. The van der Waals surface area contributed by atoms with Gasteiger partial charge in [-0.1, -0.05) is 18.2 Å². The van der Waals surface area contributed by atoms with Crippen molar-refractivity contribution in [1.82, 2.24) is 5.32 Å². The number of nitrogens with two attached hydrogens (primary N) is 1. The molecular formula is C16H18N2O4S. The predicted molar refractivity (Wildman–Crippen MR) is 86.7 cm³/mol. The van der Waals surface area contributed by atoms with Crippen LogP contribution in [0.4, 0.5) is 0 Å². The van der Waals surface area contributed by atoms with Gasteiger partial charge in [0.25, 0.3) is 5.91 Å². The van der Waals surface area contributed by atoms with Gasteiger partial charge in [0.2, 0.25) is 10.0 Å². The molecule has 0 aliphatic rings. The van der Waals surface area contributed by atoms with Crippen LogP contribution in [0.15, 0.2) is 47.4 Å². The number of phenols is 1. The number of hydrogen-bond acceptors (Lipinski definition) is 4. The van der Waals surface area contributed by atoms with Gasteiger partial charge in [0.15, 0.2) is 0 Å². The van der Waals surface area contributed by atoms with Gasteiger partial charge < -0.3 is 10.4 Å². The van der Waals surface area contributed by atoms with E-state index in [0.717, 1.165) is 11.1 Å². The van der Waals surface area contributed by atoms with Gasteiger partial charge in [-0.2, -0.15) is 0 Å². The molecular weight excluding hydrogens is 316 g/mol. The SMILES string of the molecule is Cc1ccc(C(=O)NCCc2ccc(S(N)(=O)=O)cc2)c(O)c1. The van der Waals surface area contributed by atoms with E-state index in [1.165, 1.54) is 18.2 Å². The molecule has 0 fully saturated rings. The smallest absolute Gasteiger partial charge is 0.255 e. The first-order chi connectivity index (χ1) is 10.8. The standard InChI is InChI=1S/C16H18N2O4S/c1-11-2-7-14(15(19)10-11)16(20)18-9-8-12-3-5-13(6-4-12)23(17,21)22/h2-7,10,19H,8-9H2,1H3,(H,18,20)(H2,17,21,22). The van der Waals surface area contributed by atoms with Gasteiger partial charge in [-0.05, 0) is 48.7 Å². The Morgan fingerprint density at radius 2 is 1.83 bits per heavy atom. The Morgan fingerprint density at radius 3 is 2.39 bits per heavy atom. The fraction of sp³-hybridized carbons (Fsp3) is 0.188. The molecule has 4 N–H and O–H groups in total. The van der Waals surface area contributed by atoms with E-state index in [1.54, 1.807) is 24.3 Å². The zero-order chi connectivity index (χ0) is 17.0. The number of aromatic hydroxyl groups is 1. The summed E-state index contributed by atoms with van der Waals surface area (Å²) in [5.41, 5.74) is 1.96. The molecule has 0 saturated heterocycles. The van der Waals surface area contributed by atoms with Crippen LogP contribution < -0.4 is 10.5 Å². The van der Waals surface area contributed by atoms with Crippen LogP contribution in [0.5, 0.6) is 5.75 Å². The fourth-order valence-corrected chi connectivity index (χ4v) is 2.61. The third-order valence-electron chi connectivity index (χ3n) is 3.35. The van der Waals surface area contributed by atoms with E-state index >= 15 is 0 Å². The number of phenolic OH excluding ortho intramolecular Hbond substituents is 1. The lowest BCUT2D eigenvalue weighted by atomic mass is 10.1. The first-order valence-corrected chi connectivity index (χ1v) is 8.51. The van der Waals surface area contributed by atoms with Crippen molar-refractivity contribution in [3.63, 3.8) is 0 Å². The van der Waals surface area contributed by atoms with Gasteiger partial charge in [-0.15, -0.1) is 0 Å². The Hall–Kier alpha value is -2.38. The molecule has 23 heavy (non-hydrogen) atoms. The number of sulfonamides is 1. The van der Waals surface area contributed by atoms with E-state index in [2.05, 4.69) is 5.32 Å². The van der Waals surface area contributed by atoms with Crippen molar-refractivity contribution in [1.29, 1.82) is 0 Å². The monoisotopic (exact) mass is 334 g/mol. The Kier molecular flexibility index (Phi) is 5.02. The van der Waals surface area contributed by atoms with E-state index < -0.39 is 10.0 Å². The van der Waals surface area contributed by atoms with E-state index in [-0.39, 0.29) is 22.1 Å². The highest BCUT2D eigenvalue weighted by atomic mass is 32.2. The van der Waals surface area contributed by atoms with E-state index in [9.17, 15) is 18.3 Å². The normalized spacial score (nSPS) is 11.2. The largest absolute Gasteiger partial charge is 0.507 e. The van der Waals surface area contributed by atoms with Crippen LogP contribution in [-0.4, -0.2) is 26.0 Å². The fourth-order valence-electron chi connectivity index (χ4n) is 2.10. The Labute approximate surface area is 135 Å². The molecule has 0 unspecified atom stereocenters. The number of amides is 1. The number of hydrogen-bond donors (Lipinski definition) is 3. The number of aryl methyl sites for hydroxylation is 1. The van der Waals surface area contributed by atoms with Crippen molar-refractivity contribution >= 4 is 15.9 Å². The summed E-state index contributed by atoms with van der Waals surface area (Å²) in [5, 5.41) is 17.5. The Bertz CT molecular complexity index is 814. The molecule has 6 nitrogen and oxygen atoms in total. The molecule has 0 atom stereocenters. The number of carbonyl (C=O) groups excluding carboxylic acids is 1. The number of nitrogens with one attached hydrogen (secondary N) is 1. The molecule has 1 amide bonds. The zero-order valence-corrected chi connectivity index (χ0v) is 13.4. The van der Waals surface area contributed by atoms with E-state index in [4.69, 9.17) is 5.14 Å². The first kappa shape index (κ1) is 17.0. The number of rotatable bonds is 5. The summed E-state index contributed by atoms with van der Waals surface area (Å²) in [6.07, 6.45) is 0.531. The van der Waals surface area contributed by atoms with Crippen LogP contribution in [-0.2, 0) is 16.4 Å². The summed E-state index contributed by atoms with van der Waals surface area (Å²) in [4.78, 5) is 12.0. The number of carbonyl (C=O) groups is 1. The van der Waals surface area contributed by atoms with Crippen LogP contribution in [0, 0.1) is 6.92 Å². The summed E-state index contributed by atoms with van der Waals surface area (Å²) in [7, 11) is -3.70. The molecule has 2 rings (SSSR count). The predicted octanol–water partition coefficient (Wildman–Crippen LogP) is 1.32. The second-order valence-corrected chi connectivity index (χ2v) is 6.78. The van der Waals surface area contributed by atoms with Crippen molar-refractivity contribution in [3.8, 4) is 5.75 Å². The maximum absolute atomic E-state index is 12.0. The van der Waals surface area contributed by atoms with Crippen molar-refractivity contribution in [3.05, 3.63) is 59.2 Å². The molecule has 0 aliphatic carbocycles. The minimum Gasteiger partial charge on any atom is -0.507 e. The third kappa shape index (κ3) is 4.54. The maximum atomic E-state index is 12.0. The van der Waals surface area contributed by atoms with Crippen molar-refractivity contribution in [2.75, 3.05) is 6.54 Å². The quantitative estimate of drug-likeness (QED) is 0.766. The van der Waals surface area contributed by atoms with Crippen molar-refractivity contribution in [2.24, 2.45) is 5.14 Å². The van der Waals surface area contributed by atoms with E-state index in [0.29, 0.717) is 13.0 Å². The Morgan fingerprint density at radius 1 is 1.17 bits per heavy atom. The van der Waals surface area contributed by atoms with Gasteiger partial charge in [-0.3, -0.25) is 4.79 Å². The average Bonchev–Trinajstić information content (AvgIpc) is 2.46. The van der Waals surface area contributed by atoms with Crippen LogP contribution in [0.2, 0.25) is 0 Å². The molecule has 0 aliphatic heterocycles. The van der Waals surface area contributed by atoms with Crippen LogP contribution in [0.3, 0.4) is 0 Å². The molecule has 0 spiro atoms. The molecule has 0 bridgehead atoms. The molecule has 0 radical (unpaired) electrons. The van der Waals surface area contributed by atoms with Gasteiger partial charge in [-0.25, -0.2) is 13.6 Å². The highest BCUT2D eigenvalue weighted by Crippen LogP contribution is 2.18. The molecule has 2 aromatic carbocycles. The van der Waals surface area contributed by atoms with Gasteiger partial charge in [0.1, 0.15) is 5.75 Å². The van der Waals surface area contributed by atoms with Gasteiger partial charge in [0, 0.05) is 6.54 Å². The minimum atomic E-state index is -3.70. The highest BCUT2D eigenvalue weighted by Gasteiger charge is 2.11. The third-order valence-corrected chi connectivity index (χ3v) is 4.28. The summed E-state index contributed by atoms with van der Waals surface area (Å²) in [5.74, 6) is -0.413. The van der Waals surface area contributed by atoms with Crippen molar-refractivity contribution < 1.29 is 18.3 Å². The maximum Gasteiger partial charge on any atom is 0.255 e. The Balaban J connectivity index is 1.93. The molecule has 7 heteroatoms. The average molecular weight is 334 g/mol. The van der Waals surface area contributed by atoms with Crippen LogP contribution in [0.1, 0.15) is 21.5 Å². The van der Waals surface area contributed by atoms with Crippen molar-refractivity contribution in [2.45, 2.75) is 18.2 Å². The summed E-state index contributed by atoms with van der Waals surface area (Å²) in [6.45, 7) is 2.19. The molecule has 0 saturated carbocycles. The molecule has 0 heterocycles. The van der Waals surface area contributed by atoms with E-state index in [1.807, 2.05) is 6.92 Å². The summed E-state index contributed by atoms with van der Waals surface area (Å²) < 4.78 is 22.3. The molecule has 122 valence electrons. The van der Waals surface area contributed by atoms with Gasteiger partial charge >= 0.3 is 0 Å². The van der Waals surface area contributed by atoms with Crippen LogP contribution >= 0.6 is 0 Å². The number of benzene rings is 2. The highest BCUT2D eigenvalue weighted by molar-refractivity contribution is 7.89. The minimum absolute atomic E-state index is 0.0508.